The third kappa shape index (κ3) is 2.21. The topological polar surface area (TPSA) is 12.9 Å². The molecule has 0 unspecified atom stereocenters. The Bertz CT molecular complexity index is 138. The zero-order chi connectivity index (χ0) is 5.11. The van der Waals surface area contributed by atoms with E-state index in [1.807, 2.05) is 19.1 Å². The van der Waals surface area contributed by atoms with Crippen LogP contribution >= 0.6 is 0 Å². The van der Waals surface area contributed by atoms with Crippen molar-refractivity contribution in [1.29, 1.82) is 0 Å². The normalized spacial score (nSPS) is 7.62. The van der Waals surface area contributed by atoms with Crippen LogP contribution in [0.4, 0.5) is 0 Å². The fourth-order valence-electron chi connectivity index (χ4n) is 0.385. The van der Waals surface area contributed by atoms with Crippen molar-refractivity contribution in [2.75, 3.05) is 0 Å². The van der Waals surface area contributed by atoms with Crippen LogP contribution in [0.25, 0.3) is 0 Å². The van der Waals surface area contributed by atoms with Gasteiger partial charge in [-0.25, -0.2) is 0 Å². The minimum Gasteiger partial charge on any atom is -0.394 e. The van der Waals surface area contributed by atoms with Crippen LogP contribution in [0.2, 0.25) is 0 Å². The molecule has 1 rings (SSSR count). The number of pyridine rings is 1. The van der Waals surface area contributed by atoms with Crippen LogP contribution in [-0.2, 0) is 20.4 Å². The molecule has 0 bridgehead atoms. The van der Waals surface area contributed by atoms with Crippen molar-refractivity contribution in [1.82, 2.24) is 4.98 Å². The number of aryl methyl sites for hydroxylation is 1. The van der Waals surface area contributed by atoms with Crippen LogP contribution in [0.1, 0.15) is 5.56 Å². The van der Waals surface area contributed by atoms with E-state index in [1.54, 1.807) is 6.20 Å². The van der Waals surface area contributed by atoms with Crippen LogP contribution in [0.5, 0.6) is 0 Å². The Kier molecular flexibility index (Phi) is 3.68. The van der Waals surface area contributed by atoms with Crippen molar-refractivity contribution < 1.29 is 20.4 Å². The van der Waals surface area contributed by atoms with E-state index >= 15 is 0 Å². The smallest absolute Gasteiger partial charge is 0 e. The maximum Gasteiger partial charge on any atom is 0 e. The van der Waals surface area contributed by atoms with Gasteiger partial charge in [0, 0.05) is 20.4 Å². The zero-order valence-electron chi connectivity index (χ0n) is 4.56. The van der Waals surface area contributed by atoms with Gasteiger partial charge in [0.25, 0.3) is 0 Å². The molecule has 0 aromatic carbocycles. The molecule has 1 heterocycles. The minimum absolute atomic E-state index is 0. The Morgan fingerprint density at radius 3 is 2.62 bits per heavy atom. The van der Waals surface area contributed by atoms with Gasteiger partial charge in [0.1, 0.15) is 0 Å². The molecule has 0 spiro atoms. The molecule has 0 atom stereocenters. The Hall–Kier alpha value is -0.188. The third-order valence-corrected chi connectivity index (χ3v) is 0.779. The fourth-order valence-corrected chi connectivity index (χ4v) is 0.385. The molecular weight excluding hydrogens is 272 g/mol. The van der Waals surface area contributed by atoms with Gasteiger partial charge in [-0.1, -0.05) is 19.3 Å². The van der Waals surface area contributed by atoms with E-state index in [1.165, 1.54) is 5.56 Å². The van der Waals surface area contributed by atoms with Gasteiger partial charge in [0.15, 0.2) is 0 Å². The Balaban J connectivity index is 0.000000490. The standard InChI is InChI=1S/C6H6N.Re/c1-6-2-4-7-5-3-6;/h2-4H,1H3;/q-1;. The quantitative estimate of drug-likeness (QED) is 0.650. The van der Waals surface area contributed by atoms with E-state index in [9.17, 15) is 0 Å². The summed E-state index contributed by atoms with van der Waals surface area (Å²) in [5, 5.41) is 0. The summed E-state index contributed by atoms with van der Waals surface area (Å²) in [7, 11) is 0. The largest absolute Gasteiger partial charge is 0.394 e. The van der Waals surface area contributed by atoms with Crippen LogP contribution in [0, 0.1) is 13.1 Å². The molecule has 8 heavy (non-hydrogen) atoms. The molecule has 0 amide bonds. The van der Waals surface area contributed by atoms with Gasteiger partial charge in [-0.05, 0) is 0 Å². The van der Waals surface area contributed by atoms with E-state index in [2.05, 4.69) is 11.2 Å². The van der Waals surface area contributed by atoms with Crippen LogP contribution in [-0.4, -0.2) is 4.98 Å². The van der Waals surface area contributed by atoms with Crippen LogP contribution in [0.3, 0.4) is 0 Å². The molecule has 0 aliphatic carbocycles. The van der Waals surface area contributed by atoms with Crippen molar-refractivity contribution in [3.63, 3.8) is 0 Å². The van der Waals surface area contributed by atoms with Crippen molar-refractivity contribution in [3.8, 4) is 0 Å². The van der Waals surface area contributed by atoms with Crippen LogP contribution in [0.15, 0.2) is 18.3 Å². The van der Waals surface area contributed by atoms with Gasteiger partial charge in [-0.15, -0.1) is 0 Å². The Morgan fingerprint density at radius 1 is 1.62 bits per heavy atom. The summed E-state index contributed by atoms with van der Waals surface area (Å²) in [6, 6.07) is 3.79. The molecule has 0 aliphatic heterocycles. The second kappa shape index (κ2) is 3.77. The summed E-state index contributed by atoms with van der Waals surface area (Å²) in [4.78, 5) is 3.72. The first-order valence-corrected chi connectivity index (χ1v) is 2.18. The molecule has 43 valence electrons. The van der Waals surface area contributed by atoms with Crippen molar-refractivity contribution in [3.05, 3.63) is 30.1 Å². The predicted octanol–water partition coefficient (Wildman–Crippen LogP) is 1.19. The molecule has 0 N–H and O–H groups in total. The number of hydrogen-bond acceptors (Lipinski definition) is 1. The molecule has 0 fully saturated rings. The summed E-state index contributed by atoms with van der Waals surface area (Å²) >= 11 is 0. The fraction of sp³-hybridized carbons (Fsp3) is 0.167. The Morgan fingerprint density at radius 2 is 2.38 bits per heavy atom. The molecule has 2 heteroatoms. The summed E-state index contributed by atoms with van der Waals surface area (Å²) in [5.74, 6) is 0. The molecule has 1 aromatic rings. The molecule has 1 nitrogen and oxygen atoms in total. The van der Waals surface area contributed by atoms with Crippen LogP contribution < -0.4 is 0 Å². The van der Waals surface area contributed by atoms with E-state index in [0.717, 1.165) is 0 Å². The van der Waals surface area contributed by atoms with Gasteiger partial charge in [0.05, 0.1) is 0 Å². The number of nitrogens with zero attached hydrogens (tertiary/aromatic N) is 1. The summed E-state index contributed by atoms with van der Waals surface area (Å²) in [6.07, 6.45) is 4.44. The first kappa shape index (κ1) is 7.81. The van der Waals surface area contributed by atoms with E-state index in [-0.39, 0.29) is 20.4 Å². The van der Waals surface area contributed by atoms with Crippen molar-refractivity contribution in [2.45, 2.75) is 6.92 Å². The van der Waals surface area contributed by atoms with Gasteiger partial charge in [0.2, 0.25) is 0 Å². The number of hydrogen-bond donors (Lipinski definition) is 0. The first-order valence-electron chi connectivity index (χ1n) is 2.18. The average Bonchev–Trinajstić information content (AvgIpc) is 1.69. The average molecular weight is 278 g/mol. The maximum absolute atomic E-state index is 3.72. The summed E-state index contributed by atoms with van der Waals surface area (Å²) in [6.45, 7) is 2.01. The van der Waals surface area contributed by atoms with Gasteiger partial charge in [-0.2, -0.15) is 17.7 Å². The predicted molar refractivity (Wildman–Crippen MR) is 27.8 cm³/mol. The van der Waals surface area contributed by atoms with Gasteiger partial charge >= 0.3 is 0 Å². The second-order valence-corrected chi connectivity index (χ2v) is 1.46. The first-order chi connectivity index (χ1) is 3.39. The number of aromatic nitrogens is 1. The van der Waals surface area contributed by atoms with Crippen molar-refractivity contribution in [2.24, 2.45) is 0 Å². The third-order valence-electron chi connectivity index (χ3n) is 0.779. The maximum atomic E-state index is 3.72. The van der Waals surface area contributed by atoms with E-state index in [0.29, 0.717) is 0 Å². The van der Waals surface area contributed by atoms with Gasteiger partial charge < -0.3 is 4.98 Å². The molecule has 1 radical (unpaired) electrons. The monoisotopic (exact) mass is 279 g/mol. The van der Waals surface area contributed by atoms with Crippen molar-refractivity contribution >= 4 is 0 Å². The Labute approximate surface area is 62.8 Å². The molecule has 0 aliphatic rings. The van der Waals surface area contributed by atoms with E-state index < -0.39 is 0 Å². The number of rotatable bonds is 0. The molecular formula is C6H6NRe-. The molecule has 0 saturated carbocycles. The van der Waals surface area contributed by atoms with E-state index in [4.69, 9.17) is 0 Å². The SMILES string of the molecule is Cc1c[c-]ncc1.[Re]. The zero-order valence-corrected chi connectivity index (χ0v) is 7.27. The summed E-state index contributed by atoms with van der Waals surface area (Å²) in [5.41, 5.74) is 1.20. The second-order valence-electron chi connectivity index (χ2n) is 1.46. The minimum atomic E-state index is 0. The summed E-state index contributed by atoms with van der Waals surface area (Å²) < 4.78 is 0. The molecule has 0 saturated heterocycles. The molecule has 1 aromatic heterocycles. The van der Waals surface area contributed by atoms with Gasteiger partial charge in [-0.3, -0.25) is 0 Å².